The first kappa shape index (κ1) is 40.3. The highest BCUT2D eigenvalue weighted by atomic mass is 14.8. The molecule has 2 aromatic heterocycles. The predicted octanol–water partition coefficient (Wildman–Crippen LogP) is 15.3. The monoisotopic (exact) mass is 824 g/mol. The van der Waals surface area contributed by atoms with Crippen molar-refractivity contribution in [2.75, 3.05) is 0 Å². The van der Waals surface area contributed by atoms with Gasteiger partial charge in [-0.1, -0.05) is 188 Å². The molecule has 2 heterocycles. The van der Waals surface area contributed by atoms with Crippen molar-refractivity contribution < 1.29 is 0 Å². The maximum atomic E-state index is 5.50. The van der Waals surface area contributed by atoms with Gasteiger partial charge in [0.1, 0.15) is 0 Å². The topological polar surface area (TPSA) is 50.5 Å². The first-order valence-corrected chi connectivity index (χ1v) is 22.3. The number of aromatic nitrogens is 2. The van der Waals surface area contributed by atoms with E-state index >= 15 is 0 Å². The van der Waals surface area contributed by atoms with E-state index in [1.54, 1.807) is 0 Å². The van der Waals surface area contributed by atoms with Crippen LogP contribution in [-0.2, 0) is 0 Å². The van der Waals surface area contributed by atoms with Gasteiger partial charge < -0.3 is 0 Å². The number of pyridine rings is 2. The molecule has 9 aromatic rings. The van der Waals surface area contributed by atoms with Crippen molar-refractivity contribution in [1.82, 2.24) is 9.97 Å². The molecule has 1 saturated carbocycles. The highest BCUT2D eigenvalue weighted by molar-refractivity contribution is 6.06. The van der Waals surface area contributed by atoms with E-state index in [1.165, 1.54) is 27.8 Å². The summed E-state index contributed by atoms with van der Waals surface area (Å²) in [5.74, 6) is 0.613. The Kier molecular flexibility index (Phi) is 12.0. The maximum Gasteiger partial charge on any atom is 0.0817 e. The minimum atomic E-state index is 0.153. The molecule has 4 nitrogen and oxygen atoms in total. The van der Waals surface area contributed by atoms with Crippen molar-refractivity contribution in [1.29, 1.82) is 0 Å². The fourth-order valence-electron chi connectivity index (χ4n) is 9.27. The van der Waals surface area contributed by atoms with Gasteiger partial charge in [-0.3, -0.25) is 20.0 Å². The van der Waals surface area contributed by atoms with Crippen LogP contribution < -0.4 is 0 Å². The Bertz CT molecular complexity index is 2800. The summed E-state index contributed by atoms with van der Waals surface area (Å²) in [6, 6.07) is 79.0. The smallest absolute Gasteiger partial charge is 0.0817 e. The van der Waals surface area contributed by atoms with Crippen LogP contribution in [-0.4, -0.2) is 21.4 Å². The van der Waals surface area contributed by atoms with Crippen LogP contribution in [0.25, 0.3) is 44.8 Å². The molecule has 0 amide bonds. The van der Waals surface area contributed by atoms with E-state index in [2.05, 4.69) is 212 Å². The molecule has 1 fully saturated rings. The Balaban J connectivity index is 1.00. The van der Waals surface area contributed by atoms with Crippen LogP contribution >= 0.6 is 0 Å². The molecule has 4 heteroatoms. The minimum absolute atomic E-state index is 0.153. The van der Waals surface area contributed by atoms with Gasteiger partial charge in [-0.05, 0) is 101 Å². The van der Waals surface area contributed by atoms with Crippen LogP contribution in [0.3, 0.4) is 0 Å². The summed E-state index contributed by atoms with van der Waals surface area (Å²) in [6.07, 6.45) is 6.71. The zero-order valence-electron chi connectivity index (χ0n) is 35.7. The molecule has 308 valence electrons. The lowest BCUT2D eigenvalue weighted by Crippen LogP contribution is -2.32. The molecule has 0 aliphatic heterocycles. The van der Waals surface area contributed by atoms with Crippen molar-refractivity contribution in [3.05, 3.63) is 254 Å². The first-order chi connectivity index (χ1) is 31.7. The second kappa shape index (κ2) is 19.1. The molecule has 7 aromatic carbocycles. The zero-order valence-corrected chi connectivity index (χ0v) is 35.7. The molecular formula is C60H48N4. The zero-order chi connectivity index (χ0) is 42.9. The highest BCUT2D eigenvalue weighted by Gasteiger charge is 2.36. The lowest BCUT2D eigenvalue weighted by Gasteiger charge is -2.37. The summed E-state index contributed by atoms with van der Waals surface area (Å²) in [4.78, 5) is 21.0. The quantitative estimate of drug-likeness (QED) is 0.122. The van der Waals surface area contributed by atoms with Gasteiger partial charge in [0.25, 0.3) is 0 Å². The van der Waals surface area contributed by atoms with E-state index in [9.17, 15) is 0 Å². The van der Waals surface area contributed by atoms with Crippen molar-refractivity contribution in [3.8, 4) is 44.8 Å². The second-order valence-corrected chi connectivity index (χ2v) is 16.6. The summed E-state index contributed by atoms with van der Waals surface area (Å²) in [7, 11) is 0. The third-order valence-electron chi connectivity index (χ3n) is 12.4. The Morgan fingerprint density at radius 3 is 1.12 bits per heavy atom. The Morgan fingerprint density at radius 1 is 0.344 bits per heavy atom. The lowest BCUT2D eigenvalue weighted by atomic mass is 9.68. The molecule has 64 heavy (non-hydrogen) atoms. The van der Waals surface area contributed by atoms with Crippen LogP contribution in [0.15, 0.2) is 247 Å². The van der Waals surface area contributed by atoms with Gasteiger partial charge in [0, 0.05) is 23.0 Å². The second-order valence-electron chi connectivity index (χ2n) is 16.6. The molecule has 0 spiro atoms. The Morgan fingerprint density at radius 2 is 0.719 bits per heavy atom. The SMILES string of the molecule is c1ccc(/C(=N/c2ccc(-c3cccc(-c4ccccc4)c3)nc2)C2CC(/C(=N\c3ccc(-c4cccc(-c5ccccc5)c4)nc3)c3ccccc3)CC(c3ccccc3)C2)cc1. The van der Waals surface area contributed by atoms with Crippen LogP contribution in [0.1, 0.15) is 41.9 Å². The molecule has 2 unspecified atom stereocenters. The number of rotatable bonds is 11. The molecule has 0 saturated heterocycles. The van der Waals surface area contributed by atoms with Crippen molar-refractivity contribution in [3.63, 3.8) is 0 Å². The number of hydrogen-bond acceptors (Lipinski definition) is 4. The van der Waals surface area contributed by atoms with Crippen molar-refractivity contribution in [2.24, 2.45) is 21.8 Å². The number of aliphatic imine (C=N–C) groups is 2. The van der Waals surface area contributed by atoms with Crippen LogP contribution in [0, 0.1) is 11.8 Å². The molecule has 10 rings (SSSR count). The molecule has 0 N–H and O–H groups in total. The summed E-state index contributed by atoms with van der Waals surface area (Å²) in [5, 5.41) is 0. The lowest BCUT2D eigenvalue weighted by molar-refractivity contribution is 0.343. The van der Waals surface area contributed by atoms with Crippen molar-refractivity contribution in [2.45, 2.75) is 25.2 Å². The molecule has 0 radical (unpaired) electrons. The molecule has 1 aliphatic rings. The van der Waals surface area contributed by atoms with Gasteiger partial charge in [-0.25, -0.2) is 0 Å². The van der Waals surface area contributed by atoms with Crippen LogP contribution in [0.5, 0.6) is 0 Å². The average molecular weight is 825 g/mol. The van der Waals surface area contributed by atoms with Gasteiger partial charge in [0.15, 0.2) is 0 Å². The predicted molar refractivity (Wildman–Crippen MR) is 266 cm³/mol. The molecule has 0 bridgehead atoms. The largest absolute Gasteiger partial charge is 0.254 e. The van der Waals surface area contributed by atoms with E-state index < -0.39 is 0 Å². The minimum Gasteiger partial charge on any atom is -0.254 e. The van der Waals surface area contributed by atoms with Crippen molar-refractivity contribution >= 4 is 22.8 Å². The molecule has 1 aliphatic carbocycles. The fraction of sp³-hybridized carbons (Fsp3) is 0.100. The fourth-order valence-corrected chi connectivity index (χ4v) is 9.27. The van der Waals surface area contributed by atoms with E-state index in [0.717, 1.165) is 75.7 Å². The number of nitrogens with zero attached hydrogens (tertiary/aromatic N) is 4. The normalized spacial score (nSPS) is 16.6. The number of benzene rings is 7. The molecule has 2 atom stereocenters. The van der Waals surface area contributed by atoms with Crippen LogP contribution in [0.4, 0.5) is 11.4 Å². The van der Waals surface area contributed by atoms with Gasteiger partial charge in [-0.2, -0.15) is 0 Å². The number of hydrogen-bond donors (Lipinski definition) is 0. The van der Waals surface area contributed by atoms with E-state index in [-0.39, 0.29) is 11.8 Å². The maximum absolute atomic E-state index is 5.50. The Hall–Kier alpha value is -7.82. The summed E-state index contributed by atoms with van der Waals surface area (Å²) >= 11 is 0. The van der Waals surface area contributed by atoms with E-state index in [0.29, 0.717) is 5.92 Å². The first-order valence-electron chi connectivity index (χ1n) is 22.3. The summed E-state index contributed by atoms with van der Waals surface area (Å²) < 4.78 is 0. The van der Waals surface area contributed by atoms with Gasteiger partial charge >= 0.3 is 0 Å². The summed E-state index contributed by atoms with van der Waals surface area (Å²) in [5.41, 5.74) is 16.2. The van der Waals surface area contributed by atoms with Gasteiger partial charge in [0.05, 0.1) is 46.6 Å². The standard InChI is InChI=1S/C60H48N4/c1-6-18-43(19-7-1)48-28-16-30-50(36-48)57-34-32-55(41-61-57)63-59(46-24-12-4-13-25-46)53-38-52(45-22-10-3-11-23-45)39-54(40-53)60(47-26-14-5-15-27-47)64-56-33-35-58(62-42-56)51-31-17-29-49(37-51)44-20-8-2-9-21-44/h1-37,41-42,52-54H,38-40H2/b63-59-,64-60-. The van der Waals surface area contributed by atoms with Gasteiger partial charge in [0.2, 0.25) is 0 Å². The van der Waals surface area contributed by atoms with E-state index in [4.69, 9.17) is 20.0 Å². The van der Waals surface area contributed by atoms with E-state index in [1.807, 2.05) is 24.5 Å². The highest BCUT2D eigenvalue weighted by Crippen LogP contribution is 2.44. The summed E-state index contributed by atoms with van der Waals surface area (Å²) in [6.45, 7) is 0. The van der Waals surface area contributed by atoms with Crippen LogP contribution in [0.2, 0.25) is 0 Å². The third kappa shape index (κ3) is 9.33. The van der Waals surface area contributed by atoms with Gasteiger partial charge in [-0.15, -0.1) is 0 Å². The molecular weight excluding hydrogens is 777 g/mol. The average Bonchev–Trinajstić information content (AvgIpc) is 3.39. The third-order valence-corrected chi connectivity index (χ3v) is 12.4. The Labute approximate surface area is 376 Å².